The number of fused-ring (bicyclic) bond motifs is 4. The summed E-state index contributed by atoms with van der Waals surface area (Å²) in [5, 5.41) is 30.2. The average molecular weight is 696 g/mol. The van der Waals surface area contributed by atoms with E-state index in [1.807, 2.05) is 0 Å². The molecule has 48 heavy (non-hydrogen) atoms. The topological polar surface area (TPSA) is 135 Å². The lowest BCUT2D eigenvalue weighted by molar-refractivity contribution is -0.248. The van der Waals surface area contributed by atoms with Crippen molar-refractivity contribution in [1.82, 2.24) is 4.90 Å². The number of rotatable bonds is 8. The third-order valence-corrected chi connectivity index (χ3v) is 15.2. The van der Waals surface area contributed by atoms with Crippen LogP contribution >= 0.6 is 13.5 Å². The zero-order chi connectivity index (χ0) is 33.7. The van der Waals surface area contributed by atoms with Crippen LogP contribution in [0.5, 0.6) is 0 Å². The second-order valence-electron chi connectivity index (χ2n) is 18.0. The number of aliphatic hydroxyl groups is 2. The molecule has 0 bridgehead atoms. The van der Waals surface area contributed by atoms with Gasteiger partial charge in [0, 0.05) is 13.5 Å². The van der Waals surface area contributed by atoms with Crippen LogP contribution in [-0.4, -0.2) is 101 Å². The van der Waals surface area contributed by atoms with Crippen LogP contribution in [0.3, 0.4) is 0 Å². The van der Waals surface area contributed by atoms with Crippen LogP contribution in [0.25, 0.3) is 0 Å². The lowest BCUT2D eigenvalue weighted by Crippen LogP contribution is -2.57. The van der Waals surface area contributed by atoms with E-state index in [4.69, 9.17) is 18.9 Å². The lowest BCUT2D eigenvalue weighted by atomic mass is 9.46. The van der Waals surface area contributed by atoms with E-state index in [1.54, 1.807) is 18.7 Å². The quantitative estimate of drug-likeness (QED) is 0.312. The van der Waals surface area contributed by atoms with Crippen molar-refractivity contribution < 1.29 is 43.9 Å². The van der Waals surface area contributed by atoms with Gasteiger partial charge in [-0.05, 0) is 123 Å². The smallest absolute Gasteiger partial charge is 0.323 e. The van der Waals surface area contributed by atoms with Crippen molar-refractivity contribution in [3.8, 4) is 0 Å². The van der Waals surface area contributed by atoms with E-state index in [0.717, 1.165) is 25.7 Å². The summed E-state index contributed by atoms with van der Waals surface area (Å²) in [7, 11) is 0. The molecule has 0 amide bonds. The molecule has 2 heterocycles. The number of aliphatic carboxylic acids is 1. The normalized spacial score (nSPS) is 45.9. The number of carboxylic acid groups (broad SMARTS) is 1. The van der Waals surface area contributed by atoms with Gasteiger partial charge < -0.3 is 34.3 Å². The van der Waals surface area contributed by atoms with Crippen molar-refractivity contribution in [1.29, 1.82) is 0 Å². The maximum atomic E-state index is 11.9. The average Bonchev–Trinajstić information content (AvgIpc) is 3.57. The van der Waals surface area contributed by atoms with Gasteiger partial charge >= 0.3 is 11.9 Å². The van der Waals surface area contributed by atoms with Crippen LogP contribution in [0.4, 0.5) is 0 Å². The fourth-order valence-electron chi connectivity index (χ4n) is 13.1. The van der Waals surface area contributed by atoms with Crippen LogP contribution in [0, 0.1) is 45.3 Å². The Hall–Kier alpha value is -0.950. The molecule has 7 rings (SSSR count). The van der Waals surface area contributed by atoms with Crippen molar-refractivity contribution in [3.63, 3.8) is 0 Å². The minimum atomic E-state index is -1.17. The summed E-state index contributed by atoms with van der Waals surface area (Å²) in [5.74, 6) is 1.04. The fraction of sp³-hybridized carbons (Fsp3) is 0.946. The van der Waals surface area contributed by atoms with Gasteiger partial charge in [0.05, 0.1) is 43.7 Å². The van der Waals surface area contributed by atoms with E-state index in [0.29, 0.717) is 54.2 Å². The van der Waals surface area contributed by atoms with Crippen molar-refractivity contribution in [2.45, 2.75) is 148 Å². The van der Waals surface area contributed by atoms with Crippen molar-refractivity contribution in [2.75, 3.05) is 26.3 Å². The van der Waals surface area contributed by atoms with Crippen LogP contribution in [0.1, 0.15) is 106 Å². The molecule has 5 aliphatic carbocycles. The molecule has 0 aromatic heterocycles. The number of carbonyl (C=O) groups excluding carboxylic acids is 1. The molecule has 11 heteroatoms. The number of aliphatic hydroxyl groups excluding tert-OH is 1. The van der Waals surface area contributed by atoms with Gasteiger partial charge in [-0.25, -0.2) is 0 Å². The van der Waals surface area contributed by atoms with Gasteiger partial charge in [-0.2, -0.15) is 13.5 Å². The second-order valence-corrected chi connectivity index (χ2v) is 18.0. The highest BCUT2D eigenvalue weighted by Crippen LogP contribution is 2.87. The molecule has 13 atom stereocenters. The van der Waals surface area contributed by atoms with E-state index in [2.05, 4.69) is 20.8 Å². The van der Waals surface area contributed by atoms with Crippen molar-refractivity contribution >= 4 is 25.4 Å². The predicted molar refractivity (Wildman–Crippen MR) is 182 cm³/mol. The third kappa shape index (κ3) is 5.59. The van der Waals surface area contributed by atoms with E-state index in [1.165, 1.54) is 45.4 Å². The van der Waals surface area contributed by atoms with Gasteiger partial charge in [0.2, 0.25) is 0 Å². The first-order valence-corrected chi connectivity index (χ1v) is 18.5. The van der Waals surface area contributed by atoms with E-state index >= 15 is 0 Å². The lowest BCUT2D eigenvalue weighted by Gasteiger charge is -2.60. The van der Waals surface area contributed by atoms with Gasteiger partial charge in [0.1, 0.15) is 6.04 Å². The van der Waals surface area contributed by atoms with Gasteiger partial charge in [-0.3, -0.25) is 14.5 Å². The molecular weight excluding hydrogens is 634 g/mol. The number of ether oxygens (including phenoxy) is 4. The highest BCUT2D eigenvalue weighted by Gasteiger charge is 2.80. The van der Waals surface area contributed by atoms with Gasteiger partial charge in [-0.1, -0.05) is 20.8 Å². The highest BCUT2D eigenvalue weighted by atomic mass is 32.1. The first-order chi connectivity index (χ1) is 22.1. The molecule has 7 aliphatic rings. The van der Waals surface area contributed by atoms with Crippen LogP contribution < -0.4 is 0 Å². The molecule has 7 fully saturated rings. The monoisotopic (exact) mass is 695 g/mol. The Balaban J connectivity index is 0.00000401. The molecule has 2 saturated heterocycles. The molecule has 9 unspecified atom stereocenters. The fourth-order valence-corrected chi connectivity index (χ4v) is 13.1. The Labute approximate surface area is 293 Å². The van der Waals surface area contributed by atoms with Gasteiger partial charge in [-0.15, -0.1) is 0 Å². The molecule has 0 aromatic rings. The summed E-state index contributed by atoms with van der Waals surface area (Å²) >= 11 is 0. The van der Waals surface area contributed by atoms with Crippen LogP contribution in [0.2, 0.25) is 0 Å². The molecule has 0 radical (unpaired) electrons. The Morgan fingerprint density at radius 1 is 1.00 bits per heavy atom. The standard InChI is InChI=1S/C37H59NO9.H2S/c1-21(40)45-31(34(4,5)43)26-9-7-23-27(46-26)17-24-22-8-10-28-33(2,3)29(11-12-37(28)20-36(22,37)14-13-35(23,24)6)47-30-18-38(15-16-44-30)25(19-39)32(41)42;/h22-31,39,43H,7-20H2,1-6H3,(H,41,42);1H2/t22?,23?,24?,25?,26?,27?,28?,29-,30?,31-,35?,36-,37+;/m0./s1. The Bertz CT molecular complexity index is 1240. The summed E-state index contributed by atoms with van der Waals surface area (Å²) in [5.41, 5.74) is -0.165. The van der Waals surface area contributed by atoms with Crippen molar-refractivity contribution in [2.24, 2.45) is 45.3 Å². The molecule has 3 N–H and O–H groups in total. The number of hydrogen-bond acceptors (Lipinski definition) is 9. The van der Waals surface area contributed by atoms with E-state index < -0.39 is 36.6 Å². The third-order valence-electron chi connectivity index (χ3n) is 15.2. The highest BCUT2D eigenvalue weighted by molar-refractivity contribution is 7.59. The summed E-state index contributed by atoms with van der Waals surface area (Å²) in [6.45, 7) is 13.0. The molecular formula is C37H61NO9S. The van der Waals surface area contributed by atoms with Gasteiger partial charge in [0.15, 0.2) is 12.4 Å². The second kappa shape index (κ2) is 12.6. The summed E-state index contributed by atoms with van der Waals surface area (Å²) in [6.07, 6.45) is 10.2. The number of nitrogens with zero attached hydrogens (tertiary/aromatic N) is 1. The zero-order valence-electron chi connectivity index (χ0n) is 29.9. The predicted octanol–water partition coefficient (Wildman–Crippen LogP) is 4.50. The van der Waals surface area contributed by atoms with Gasteiger partial charge in [0.25, 0.3) is 0 Å². The number of morpholine rings is 1. The maximum absolute atomic E-state index is 11.9. The minimum Gasteiger partial charge on any atom is -0.480 e. The summed E-state index contributed by atoms with van der Waals surface area (Å²) < 4.78 is 25.2. The Morgan fingerprint density at radius 2 is 1.73 bits per heavy atom. The Kier molecular flexibility index (Phi) is 9.68. The SMILES string of the molecule is CC(=O)O[C@@H](C1CCC2C(CC3C4CCC5C(C)(C)[C@@H](OC6CN(C(CO)C(=O)O)CCO6)CC[C@@]56C[C@@]46CCC23C)O1)C(C)(C)O.S. The number of hydrogen-bond donors (Lipinski definition) is 3. The summed E-state index contributed by atoms with van der Waals surface area (Å²) in [6, 6.07) is -0.932. The number of carboxylic acids is 1. The van der Waals surface area contributed by atoms with Crippen molar-refractivity contribution in [3.05, 3.63) is 0 Å². The molecule has 5 saturated carbocycles. The van der Waals surface area contributed by atoms with Crippen LogP contribution in [0.15, 0.2) is 0 Å². The largest absolute Gasteiger partial charge is 0.480 e. The number of carbonyl (C=O) groups is 2. The molecule has 274 valence electrons. The summed E-state index contributed by atoms with van der Waals surface area (Å²) in [4.78, 5) is 25.4. The molecule has 2 spiro atoms. The maximum Gasteiger partial charge on any atom is 0.323 e. The molecule has 2 aliphatic heterocycles. The van der Waals surface area contributed by atoms with E-state index in [9.17, 15) is 24.9 Å². The first-order valence-electron chi connectivity index (χ1n) is 18.5. The molecule has 10 nitrogen and oxygen atoms in total. The van der Waals surface area contributed by atoms with Crippen LogP contribution in [-0.2, 0) is 28.5 Å². The number of esters is 1. The zero-order valence-corrected chi connectivity index (χ0v) is 30.9. The minimum absolute atomic E-state index is 0. The first kappa shape index (κ1) is 36.8. The molecule has 0 aromatic carbocycles. The Morgan fingerprint density at radius 3 is 2.40 bits per heavy atom. The van der Waals surface area contributed by atoms with E-state index in [-0.39, 0.29) is 48.6 Å².